The van der Waals surface area contributed by atoms with Gasteiger partial charge in [0.1, 0.15) is 17.8 Å². The molecule has 0 aromatic heterocycles. The highest BCUT2D eigenvalue weighted by Crippen LogP contribution is 2.12. The second kappa shape index (κ2) is 9.03. The standard InChI is InChI=1S/C17H25N3O5/c1-9(2)14(20-15(22)10(3)18)16(23)19-13(17(24)25)8-11-4-6-12(21)7-5-11/h4-7,9-10,13-14,21H,8,18H2,1-3H3,(H,19,23)(H,20,22)(H,24,25)/t10-,13-,14-/m0/s1. The Hall–Kier alpha value is -2.61. The number of carbonyl (C=O) groups excluding carboxylic acids is 2. The molecule has 8 heteroatoms. The molecule has 8 nitrogen and oxygen atoms in total. The molecule has 0 spiro atoms. The minimum absolute atomic E-state index is 0.0490. The van der Waals surface area contributed by atoms with Crippen molar-refractivity contribution in [2.75, 3.05) is 0 Å². The highest BCUT2D eigenvalue weighted by atomic mass is 16.4. The quantitative estimate of drug-likeness (QED) is 0.446. The molecular weight excluding hydrogens is 326 g/mol. The SMILES string of the molecule is CC(C)[C@H](NC(=O)[C@H](C)N)C(=O)N[C@@H](Cc1ccc(O)cc1)C(=O)O. The van der Waals surface area contributed by atoms with Crippen LogP contribution in [0.1, 0.15) is 26.3 Å². The number of aliphatic carboxylic acids is 1. The van der Waals surface area contributed by atoms with E-state index in [1.165, 1.54) is 19.1 Å². The number of phenols is 1. The Morgan fingerprint density at radius 3 is 2.04 bits per heavy atom. The van der Waals surface area contributed by atoms with Crippen molar-refractivity contribution in [3.8, 4) is 5.75 Å². The lowest BCUT2D eigenvalue weighted by atomic mass is 10.0. The molecule has 0 aliphatic heterocycles. The molecule has 0 unspecified atom stereocenters. The summed E-state index contributed by atoms with van der Waals surface area (Å²) < 4.78 is 0. The predicted molar refractivity (Wildman–Crippen MR) is 91.8 cm³/mol. The second-order valence-electron chi connectivity index (χ2n) is 6.29. The smallest absolute Gasteiger partial charge is 0.326 e. The summed E-state index contributed by atoms with van der Waals surface area (Å²) in [4.78, 5) is 35.6. The first-order chi connectivity index (χ1) is 11.6. The average molecular weight is 351 g/mol. The Labute approximate surface area is 146 Å². The largest absolute Gasteiger partial charge is 0.508 e. The van der Waals surface area contributed by atoms with Crippen LogP contribution >= 0.6 is 0 Å². The molecule has 0 heterocycles. The minimum atomic E-state index is -1.19. The molecule has 0 saturated carbocycles. The fourth-order valence-electron chi connectivity index (χ4n) is 2.15. The number of benzene rings is 1. The third kappa shape index (κ3) is 6.42. The van der Waals surface area contributed by atoms with Crippen LogP contribution in [0.3, 0.4) is 0 Å². The molecule has 1 aromatic carbocycles. The number of nitrogens with two attached hydrogens (primary N) is 1. The van der Waals surface area contributed by atoms with Gasteiger partial charge < -0.3 is 26.6 Å². The van der Waals surface area contributed by atoms with Crippen molar-refractivity contribution in [2.45, 2.75) is 45.3 Å². The van der Waals surface area contributed by atoms with E-state index in [1.807, 2.05) is 0 Å². The van der Waals surface area contributed by atoms with Crippen LogP contribution in [-0.2, 0) is 20.8 Å². The fraction of sp³-hybridized carbons (Fsp3) is 0.471. The zero-order valence-corrected chi connectivity index (χ0v) is 14.5. The first-order valence-electron chi connectivity index (χ1n) is 7.98. The van der Waals surface area contributed by atoms with E-state index in [0.717, 1.165) is 0 Å². The topological polar surface area (TPSA) is 142 Å². The van der Waals surface area contributed by atoms with E-state index in [-0.39, 0.29) is 18.1 Å². The van der Waals surface area contributed by atoms with Crippen molar-refractivity contribution in [1.29, 1.82) is 0 Å². The van der Waals surface area contributed by atoms with E-state index in [1.54, 1.807) is 26.0 Å². The van der Waals surface area contributed by atoms with Gasteiger partial charge in [0.05, 0.1) is 6.04 Å². The first kappa shape index (κ1) is 20.4. The van der Waals surface area contributed by atoms with Crippen LogP contribution < -0.4 is 16.4 Å². The van der Waals surface area contributed by atoms with E-state index >= 15 is 0 Å². The van der Waals surface area contributed by atoms with Gasteiger partial charge in [0.2, 0.25) is 11.8 Å². The van der Waals surface area contributed by atoms with E-state index in [4.69, 9.17) is 5.73 Å². The molecule has 1 aromatic rings. The zero-order chi connectivity index (χ0) is 19.1. The molecule has 0 aliphatic rings. The average Bonchev–Trinajstić information content (AvgIpc) is 2.52. The number of carbonyl (C=O) groups is 3. The van der Waals surface area contributed by atoms with Gasteiger partial charge in [-0.25, -0.2) is 4.79 Å². The van der Waals surface area contributed by atoms with Gasteiger partial charge >= 0.3 is 5.97 Å². The molecule has 1 rings (SSSR count). The van der Waals surface area contributed by atoms with Crippen LogP contribution in [0.25, 0.3) is 0 Å². The molecular formula is C17H25N3O5. The number of carboxylic acid groups (broad SMARTS) is 1. The van der Waals surface area contributed by atoms with Crippen molar-refractivity contribution in [3.05, 3.63) is 29.8 Å². The van der Waals surface area contributed by atoms with Crippen LogP contribution in [0.4, 0.5) is 0 Å². The van der Waals surface area contributed by atoms with Gasteiger partial charge in [-0.2, -0.15) is 0 Å². The fourth-order valence-corrected chi connectivity index (χ4v) is 2.15. The molecule has 0 saturated heterocycles. The number of amides is 2. The molecule has 6 N–H and O–H groups in total. The number of aromatic hydroxyl groups is 1. The summed E-state index contributed by atoms with van der Waals surface area (Å²) in [6.45, 7) is 4.97. The molecule has 0 fully saturated rings. The van der Waals surface area contributed by atoms with Gasteiger partial charge in [-0.3, -0.25) is 9.59 Å². The molecule has 2 amide bonds. The number of carboxylic acids is 1. The van der Waals surface area contributed by atoms with Crippen LogP contribution in [0.15, 0.2) is 24.3 Å². The Morgan fingerprint density at radius 2 is 1.60 bits per heavy atom. The minimum Gasteiger partial charge on any atom is -0.508 e. The lowest BCUT2D eigenvalue weighted by molar-refractivity contribution is -0.142. The summed E-state index contributed by atoms with van der Waals surface area (Å²) in [5.74, 6) is -2.44. The highest BCUT2D eigenvalue weighted by molar-refractivity contribution is 5.91. The Morgan fingerprint density at radius 1 is 1.04 bits per heavy atom. The molecule has 0 radical (unpaired) electrons. The van der Waals surface area contributed by atoms with E-state index in [0.29, 0.717) is 5.56 Å². The van der Waals surface area contributed by atoms with Crippen molar-refractivity contribution in [3.63, 3.8) is 0 Å². The second-order valence-corrected chi connectivity index (χ2v) is 6.29. The van der Waals surface area contributed by atoms with Crippen LogP contribution in [0.2, 0.25) is 0 Å². The van der Waals surface area contributed by atoms with Gasteiger partial charge in [0.25, 0.3) is 0 Å². The molecule has 0 bridgehead atoms. The maximum absolute atomic E-state index is 12.4. The van der Waals surface area contributed by atoms with Gasteiger partial charge in [0, 0.05) is 6.42 Å². The summed E-state index contributed by atoms with van der Waals surface area (Å²) >= 11 is 0. The maximum Gasteiger partial charge on any atom is 0.326 e. The zero-order valence-electron chi connectivity index (χ0n) is 14.5. The normalized spacial score (nSPS) is 14.4. The van der Waals surface area contributed by atoms with Gasteiger partial charge in [-0.05, 0) is 30.5 Å². The summed E-state index contributed by atoms with van der Waals surface area (Å²) in [6.07, 6.45) is 0.0490. The monoisotopic (exact) mass is 351 g/mol. The first-order valence-corrected chi connectivity index (χ1v) is 7.98. The molecule has 138 valence electrons. The van der Waals surface area contributed by atoms with E-state index in [2.05, 4.69) is 10.6 Å². The van der Waals surface area contributed by atoms with Crippen LogP contribution in [0, 0.1) is 5.92 Å². The number of hydrogen-bond acceptors (Lipinski definition) is 5. The number of nitrogens with one attached hydrogen (secondary N) is 2. The lowest BCUT2D eigenvalue weighted by Gasteiger charge is -2.24. The third-order valence-corrected chi connectivity index (χ3v) is 3.65. The van der Waals surface area contributed by atoms with Gasteiger partial charge in [-0.1, -0.05) is 26.0 Å². The van der Waals surface area contributed by atoms with Crippen LogP contribution in [-0.4, -0.2) is 46.1 Å². The summed E-state index contributed by atoms with van der Waals surface area (Å²) in [7, 11) is 0. The highest BCUT2D eigenvalue weighted by Gasteiger charge is 2.29. The molecule has 0 aliphatic carbocycles. The van der Waals surface area contributed by atoms with Crippen molar-refractivity contribution in [2.24, 2.45) is 11.7 Å². The summed E-state index contributed by atoms with van der Waals surface area (Å²) in [6, 6.07) is 3.21. The predicted octanol–water partition coefficient (Wildman–Crippen LogP) is -0.00790. The lowest BCUT2D eigenvalue weighted by Crippen LogP contribution is -2.56. The molecule has 3 atom stereocenters. The Bertz CT molecular complexity index is 613. The van der Waals surface area contributed by atoms with Crippen molar-refractivity contribution in [1.82, 2.24) is 10.6 Å². The van der Waals surface area contributed by atoms with E-state index < -0.39 is 35.9 Å². The Kier molecular flexibility index (Phi) is 7.38. The van der Waals surface area contributed by atoms with Gasteiger partial charge in [0.15, 0.2) is 0 Å². The summed E-state index contributed by atoms with van der Waals surface area (Å²) in [5.41, 5.74) is 6.13. The maximum atomic E-state index is 12.4. The van der Waals surface area contributed by atoms with Crippen molar-refractivity contribution < 1.29 is 24.6 Å². The van der Waals surface area contributed by atoms with Crippen molar-refractivity contribution >= 4 is 17.8 Å². The van der Waals surface area contributed by atoms with Crippen LogP contribution in [0.5, 0.6) is 5.75 Å². The number of hydrogen-bond donors (Lipinski definition) is 5. The van der Waals surface area contributed by atoms with E-state index in [9.17, 15) is 24.6 Å². The third-order valence-electron chi connectivity index (χ3n) is 3.65. The molecule has 25 heavy (non-hydrogen) atoms. The Balaban J connectivity index is 2.83. The van der Waals surface area contributed by atoms with Gasteiger partial charge in [-0.15, -0.1) is 0 Å². The number of rotatable bonds is 8. The summed E-state index contributed by atoms with van der Waals surface area (Å²) in [5, 5.41) is 23.6. The number of phenolic OH excluding ortho intramolecular Hbond substituents is 1.